The Morgan fingerprint density at radius 2 is 1.90 bits per heavy atom. The van der Waals surface area contributed by atoms with Crippen LogP contribution in [-0.2, 0) is 11.3 Å². The number of rotatable bonds is 3. The van der Waals surface area contributed by atoms with E-state index in [0.717, 1.165) is 38.0 Å². The number of piperidine rings is 1. The van der Waals surface area contributed by atoms with Crippen molar-refractivity contribution in [2.24, 2.45) is 0 Å². The highest BCUT2D eigenvalue weighted by molar-refractivity contribution is 5.92. The number of benzene rings is 1. The molecule has 31 heavy (non-hydrogen) atoms. The Morgan fingerprint density at radius 1 is 1.16 bits per heavy atom. The van der Waals surface area contributed by atoms with Crippen molar-refractivity contribution in [3.63, 3.8) is 0 Å². The van der Waals surface area contributed by atoms with Gasteiger partial charge in [-0.05, 0) is 19.5 Å². The van der Waals surface area contributed by atoms with Gasteiger partial charge in [-0.15, -0.1) is 0 Å². The molecule has 4 heterocycles. The molecule has 3 aliphatic heterocycles. The molecule has 5 rings (SSSR count). The van der Waals surface area contributed by atoms with Gasteiger partial charge < -0.3 is 19.2 Å². The lowest BCUT2D eigenvalue weighted by Crippen LogP contribution is -2.63. The zero-order valence-corrected chi connectivity index (χ0v) is 18.2. The molecule has 1 aromatic carbocycles. The van der Waals surface area contributed by atoms with E-state index in [1.165, 1.54) is 0 Å². The molecule has 2 aromatic rings. The number of fused-ring (bicyclic) bond motifs is 2. The molecule has 0 aliphatic carbocycles. The Hall–Kier alpha value is -2.71. The highest BCUT2D eigenvalue weighted by atomic mass is 16.5. The van der Waals surface area contributed by atoms with E-state index >= 15 is 0 Å². The van der Waals surface area contributed by atoms with Crippen LogP contribution in [0.15, 0.2) is 40.9 Å². The van der Waals surface area contributed by atoms with Gasteiger partial charge in [-0.3, -0.25) is 14.5 Å². The summed E-state index contributed by atoms with van der Waals surface area (Å²) in [5.41, 5.74) is 1.16. The second-order valence-electron chi connectivity index (χ2n) is 8.98. The molecule has 0 saturated carbocycles. The molecular weight excluding hydrogens is 394 g/mol. The third-order valence-corrected chi connectivity index (χ3v) is 7.05. The van der Waals surface area contributed by atoms with Gasteiger partial charge in [0, 0.05) is 58.2 Å². The average molecular weight is 424 g/mol. The number of likely N-dealkylation sites (N-methyl/N-ethyl adjacent to an activating group) is 1. The number of amides is 2. The van der Waals surface area contributed by atoms with Crippen molar-refractivity contribution in [1.82, 2.24) is 24.8 Å². The first-order valence-corrected chi connectivity index (χ1v) is 11.0. The fourth-order valence-electron chi connectivity index (χ4n) is 5.41. The maximum Gasteiger partial charge on any atom is 0.276 e. The fraction of sp³-hybridized carbons (Fsp3) is 0.522. The van der Waals surface area contributed by atoms with Crippen LogP contribution >= 0.6 is 0 Å². The van der Waals surface area contributed by atoms with E-state index in [1.807, 2.05) is 23.1 Å². The summed E-state index contributed by atoms with van der Waals surface area (Å²) in [6, 6.07) is 11.8. The molecule has 2 amide bonds. The number of aryl methyl sites for hydroxylation is 1. The molecule has 0 unspecified atom stereocenters. The Labute approximate surface area is 182 Å². The molecule has 1 spiro atoms. The van der Waals surface area contributed by atoms with Crippen molar-refractivity contribution in [2.75, 3.05) is 39.8 Å². The number of piperazine rings is 1. The number of aromatic nitrogens is 1. The van der Waals surface area contributed by atoms with Crippen molar-refractivity contribution >= 4 is 11.8 Å². The molecule has 1 aromatic heterocycles. The first-order chi connectivity index (χ1) is 15.0. The summed E-state index contributed by atoms with van der Waals surface area (Å²) in [5.74, 6) is 0.746. The molecule has 0 N–H and O–H groups in total. The molecule has 1 atom stereocenters. The third kappa shape index (κ3) is 3.43. The Bertz CT molecular complexity index is 967. The van der Waals surface area contributed by atoms with Crippen molar-refractivity contribution in [3.05, 3.63) is 53.4 Å². The number of likely N-dealkylation sites (tertiary alicyclic amines) is 1. The van der Waals surface area contributed by atoms with Crippen LogP contribution in [0, 0.1) is 6.92 Å². The number of hydrogen-bond donors (Lipinski definition) is 0. The van der Waals surface area contributed by atoms with Crippen LogP contribution in [0.5, 0.6) is 0 Å². The van der Waals surface area contributed by atoms with Gasteiger partial charge in [-0.1, -0.05) is 35.5 Å². The first kappa shape index (κ1) is 20.2. The molecule has 8 nitrogen and oxygen atoms in total. The lowest BCUT2D eigenvalue weighted by Gasteiger charge is -2.50. The number of carbonyl (C=O) groups excluding carboxylic acids is 2. The van der Waals surface area contributed by atoms with Crippen LogP contribution in [0.3, 0.4) is 0 Å². The summed E-state index contributed by atoms with van der Waals surface area (Å²) in [7, 11) is 2.08. The normalized spacial score (nSPS) is 24.1. The highest BCUT2D eigenvalue weighted by Gasteiger charge is 2.58. The second-order valence-corrected chi connectivity index (χ2v) is 8.98. The van der Waals surface area contributed by atoms with Gasteiger partial charge in [0.25, 0.3) is 5.91 Å². The minimum absolute atomic E-state index is 0.0967. The van der Waals surface area contributed by atoms with E-state index in [4.69, 9.17) is 4.52 Å². The average Bonchev–Trinajstić information content (AvgIpc) is 3.31. The summed E-state index contributed by atoms with van der Waals surface area (Å²) in [6.45, 7) is 6.17. The van der Waals surface area contributed by atoms with E-state index in [1.54, 1.807) is 13.0 Å². The minimum atomic E-state index is -0.338. The molecule has 164 valence electrons. The van der Waals surface area contributed by atoms with E-state index in [0.29, 0.717) is 31.1 Å². The Balaban J connectivity index is 1.40. The summed E-state index contributed by atoms with van der Waals surface area (Å²) in [4.78, 5) is 35.0. The summed E-state index contributed by atoms with van der Waals surface area (Å²) in [5, 5.41) is 3.89. The molecule has 0 radical (unpaired) electrons. The molecular formula is C23H29N5O3. The van der Waals surface area contributed by atoms with Gasteiger partial charge >= 0.3 is 0 Å². The van der Waals surface area contributed by atoms with Crippen LogP contribution in [0.25, 0.3) is 0 Å². The van der Waals surface area contributed by atoms with Gasteiger partial charge in [0.1, 0.15) is 17.5 Å². The fourth-order valence-corrected chi connectivity index (χ4v) is 5.41. The topological polar surface area (TPSA) is 73.1 Å². The van der Waals surface area contributed by atoms with Crippen molar-refractivity contribution in [2.45, 2.75) is 38.0 Å². The summed E-state index contributed by atoms with van der Waals surface area (Å²) < 4.78 is 5.08. The Morgan fingerprint density at radius 3 is 2.58 bits per heavy atom. The quantitative estimate of drug-likeness (QED) is 0.746. The smallest absolute Gasteiger partial charge is 0.276 e. The predicted octanol–water partition coefficient (Wildman–Crippen LogP) is 1.57. The van der Waals surface area contributed by atoms with Gasteiger partial charge in [-0.2, -0.15) is 0 Å². The number of carbonyl (C=O) groups is 2. The molecule has 3 aliphatic rings. The van der Waals surface area contributed by atoms with Crippen LogP contribution in [0.1, 0.15) is 34.7 Å². The van der Waals surface area contributed by atoms with E-state index in [-0.39, 0.29) is 23.5 Å². The maximum absolute atomic E-state index is 13.6. The van der Waals surface area contributed by atoms with Crippen LogP contribution in [0.2, 0.25) is 0 Å². The van der Waals surface area contributed by atoms with Crippen LogP contribution in [-0.4, -0.2) is 88.0 Å². The SMILES string of the molecule is Cc1cc(C(=O)N2CCC3(CC2)N(Cc2ccccc2)C(=O)[C@H]2CN(C)CCN23)no1. The molecule has 8 heteroatoms. The third-order valence-electron chi connectivity index (χ3n) is 7.05. The van der Waals surface area contributed by atoms with Crippen molar-refractivity contribution < 1.29 is 14.1 Å². The lowest BCUT2D eigenvalue weighted by atomic mass is 9.92. The van der Waals surface area contributed by atoms with E-state index in [2.05, 4.69) is 39.0 Å². The lowest BCUT2D eigenvalue weighted by molar-refractivity contribution is -0.134. The highest BCUT2D eigenvalue weighted by Crippen LogP contribution is 2.42. The number of hydrogen-bond acceptors (Lipinski definition) is 6. The summed E-state index contributed by atoms with van der Waals surface area (Å²) in [6.07, 6.45) is 1.49. The van der Waals surface area contributed by atoms with Gasteiger partial charge in [0.15, 0.2) is 5.69 Å². The van der Waals surface area contributed by atoms with E-state index < -0.39 is 0 Å². The van der Waals surface area contributed by atoms with Crippen molar-refractivity contribution in [1.29, 1.82) is 0 Å². The van der Waals surface area contributed by atoms with Gasteiger partial charge in [0.05, 0.1) is 0 Å². The standard InChI is InChI=1S/C23H29N5O3/c1-17-14-19(24-31-17)21(29)26-10-8-23(9-11-26)27-13-12-25(2)16-20(27)22(30)28(23)15-18-6-4-3-5-7-18/h3-7,14,20H,8-13,15-16H2,1-2H3/t20-/m1/s1. The minimum Gasteiger partial charge on any atom is -0.361 e. The molecule has 0 bridgehead atoms. The van der Waals surface area contributed by atoms with Crippen molar-refractivity contribution in [3.8, 4) is 0 Å². The van der Waals surface area contributed by atoms with Gasteiger partial charge in [0.2, 0.25) is 5.91 Å². The summed E-state index contributed by atoms with van der Waals surface area (Å²) >= 11 is 0. The second kappa shape index (κ2) is 7.76. The Kier molecular flexibility index (Phi) is 5.06. The van der Waals surface area contributed by atoms with E-state index in [9.17, 15) is 9.59 Å². The maximum atomic E-state index is 13.6. The predicted molar refractivity (Wildman–Crippen MR) is 114 cm³/mol. The largest absolute Gasteiger partial charge is 0.361 e. The van der Waals surface area contributed by atoms with Gasteiger partial charge in [-0.25, -0.2) is 0 Å². The zero-order valence-electron chi connectivity index (χ0n) is 18.2. The van der Waals surface area contributed by atoms with Crippen LogP contribution < -0.4 is 0 Å². The number of nitrogens with zero attached hydrogens (tertiary/aromatic N) is 5. The molecule has 3 saturated heterocycles. The zero-order chi connectivity index (χ0) is 21.6. The van der Waals surface area contributed by atoms with Crippen LogP contribution in [0.4, 0.5) is 0 Å². The monoisotopic (exact) mass is 423 g/mol. The molecule has 3 fully saturated rings. The first-order valence-electron chi connectivity index (χ1n) is 11.0.